The number of carbonyl (C=O) groups is 1. The zero-order valence-electron chi connectivity index (χ0n) is 19.3. The summed E-state index contributed by atoms with van der Waals surface area (Å²) < 4.78 is 34.0. The molecular formula is C25H28N4O4S. The van der Waals surface area contributed by atoms with Gasteiger partial charge in [-0.3, -0.25) is 9.52 Å². The average Bonchev–Trinajstić information content (AvgIpc) is 2.85. The smallest absolute Gasteiger partial charge is 0.261 e. The number of anilines is 2. The summed E-state index contributed by atoms with van der Waals surface area (Å²) >= 11 is 0. The van der Waals surface area contributed by atoms with E-state index in [4.69, 9.17) is 4.74 Å². The standard InChI is InChI=1S/C25H28N4O4S/c1-3-33-21-10-8-20(9-11-21)27-34(31,32)22-12-7-19(2)23(18-22)25(30)29-16-14-28(15-17-29)24-6-4-5-13-26-24/h4-13,18,27H,3,14-17H2,1-2H3. The predicted molar refractivity (Wildman–Crippen MR) is 132 cm³/mol. The van der Waals surface area contributed by atoms with Crippen LogP contribution in [0.15, 0.2) is 71.8 Å². The van der Waals surface area contributed by atoms with E-state index in [2.05, 4.69) is 14.6 Å². The fraction of sp³-hybridized carbons (Fsp3) is 0.280. The molecule has 9 heteroatoms. The highest BCUT2D eigenvalue weighted by molar-refractivity contribution is 7.92. The Morgan fingerprint density at radius 1 is 1.03 bits per heavy atom. The maximum atomic E-state index is 13.3. The number of hydrogen-bond donors (Lipinski definition) is 1. The molecule has 0 unspecified atom stereocenters. The normalized spacial score (nSPS) is 14.1. The lowest BCUT2D eigenvalue weighted by atomic mass is 10.1. The number of amides is 1. The van der Waals surface area contributed by atoms with Crippen LogP contribution >= 0.6 is 0 Å². The molecule has 1 amide bonds. The fourth-order valence-electron chi connectivity index (χ4n) is 3.85. The van der Waals surface area contributed by atoms with E-state index in [1.54, 1.807) is 41.4 Å². The Morgan fingerprint density at radius 2 is 1.76 bits per heavy atom. The summed E-state index contributed by atoms with van der Waals surface area (Å²) in [5, 5.41) is 0. The van der Waals surface area contributed by atoms with Crippen LogP contribution in [0.4, 0.5) is 11.5 Å². The van der Waals surface area contributed by atoms with Crippen LogP contribution < -0.4 is 14.4 Å². The van der Waals surface area contributed by atoms with Crippen molar-refractivity contribution in [2.24, 2.45) is 0 Å². The second kappa shape index (κ2) is 10.1. The van der Waals surface area contributed by atoms with E-state index >= 15 is 0 Å². The van der Waals surface area contributed by atoms with E-state index in [9.17, 15) is 13.2 Å². The van der Waals surface area contributed by atoms with Crippen molar-refractivity contribution in [1.82, 2.24) is 9.88 Å². The molecule has 0 bridgehead atoms. The Bertz CT molecular complexity index is 1240. The van der Waals surface area contributed by atoms with Crippen molar-refractivity contribution in [3.8, 4) is 5.75 Å². The van der Waals surface area contributed by atoms with Crippen molar-refractivity contribution in [2.75, 3.05) is 42.4 Å². The Hall–Kier alpha value is -3.59. The van der Waals surface area contributed by atoms with Gasteiger partial charge < -0.3 is 14.5 Å². The number of hydrogen-bond acceptors (Lipinski definition) is 6. The molecule has 0 radical (unpaired) electrons. The van der Waals surface area contributed by atoms with Crippen LogP contribution in [0.5, 0.6) is 5.75 Å². The first-order chi connectivity index (χ1) is 16.4. The molecule has 1 aromatic heterocycles. The molecule has 1 saturated heterocycles. The van der Waals surface area contributed by atoms with Gasteiger partial charge in [0, 0.05) is 43.6 Å². The Labute approximate surface area is 200 Å². The topological polar surface area (TPSA) is 91.8 Å². The first-order valence-electron chi connectivity index (χ1n) is 11.2. The lowest BCUT2D eigenvalue weighted by molar-refractivity contribution is 0.0745. The number of benzene rings is 2. The number of carbonyl (C=O) groups excluding carboxylic acids is 1. The van der Waals surface area contributed by atoms with Crippen molar-refractivity contribution in [2.45, 2.75) is 18.7 Å². The largest absolute Gasteiger partial charge is 0.494 e. The number of rotatable bonds is 7. The monoisotopic (exact) mass is 480 g/mol. The van der Waals surface area contributed by atoms with E-state index in [0.29, 0.717) is 49.8 Å². The molecule has 34 heavy (non-hydrogen) atoms. The SMILES string of the molecule is CCOc1ccc(NS(=O)(=O)c2ccc(C)c(C(=O)N3CCN(c4ccccn4)CC3)c2)cc1. The number of ether oxygens (including phenoxy) is 1. The van der Waals surface area contributed by atoms with Gasteiger partial charge in [0.05, 0.1) is 11.5 Å². The van der Waals surface area contributed by atoms with Gasteiger partial charge in [0.15, 0.2) is 0 Å². The molecular weight excluding hydrogens is 452 g/mol. The summed E-state index contributed by atoms with van der Waals surface area (Å²) in [5.74, 6) is 1.38. The first-order valence-corrected chi connectivity index (χ1v) is 12.7. The minimum absolute atomic E-state index is 0.0439. The lowest BCUT2D eigenvalue weighted by Gasteiger charge is -2.35. The molecule has 0 saturated carbocycles. The summed E-state index contributed by atoms with van der Waals surface area (Å²) in [6.07, 6.45) is 1.75. The van der Waals surface area contributed by atoms with Crippen LogP contribution in [0, 0.1) is 6.92 Å². The molecule has 1 fully saturated rings. The Morgan fingerprint density at radius 3 is 2.41 bits per heavy atom. The van der Waals surface area contributed by atoms with Gasteiger partial charge >= 0.3 is 0 Å². The molecule has 2 heterocycles. The van der Waals surface area contributed by atoms with Crippen LogP contribution in [-0.2, 0) is 10.0 Å². The van der Waals surface area contributed by atoms with Gasteiger partial charge in [-0.2, -0.15) is 0 Å². The first kappa shape index (κ1) is 23.6. The summed E-state index contributed by atoms with van der Waals surface area (Å²) in [6, 6.07) is 17.1. The highest BCUT2D eigenvalue weighted by Crippen LogP contribution is 2.23. The summed E-state index contributed by atoms with van der Waals surface area (Å²) in [4.78, 5) is 21.6. The number of nitrogens with zero attached hydrogens (tertiary/aromatic N) is 3. The molecule has 178 valence electrons. The van der Waals surface area contributed by atoms with E-state index in [0.717, 1.165) is 11.4 Å². The zero-order chi connectivity index (χ0) is 24.1. The third-order valence-corrected chi connectivity index (χ3v) is 7.09. The highest BCUT2D eigenvalue weighted by atomic mass is 32.2. The van der Waals surface area contributed by atoms with Crippen molar-refractivity contribution in [3.63, 3.8) is 0 Å². The summed E-state index contributed by atoms with van der Waals surface area (Å²) in [5.41, 5.74) is 1.54. The third kappa shape index (κ3) is 5.31. The Kier molecular flexibility index (Phi) is 7.02. The summed E-state index contributed by atoms with van der Waals surface area (Å²) in [6.45, 7) is 6.63. The van der Waals surface area contributed by atoms with Crippen molar-refractivity contribution >= 4 is 27.4 Å². The lowest BCUT2D eigenvalue weighted by Crippen LogP contribution is -2.49. The van der Waals surface area contributed by atoms with Crippen molar-refractivity contribution in [3.05, 3.63) is 78.0 Å². The fourth-order valence-corrected chi connectivity index (χ4v) is 4.93. The average molecular weight is 481 g/mol. The summed E-state index contributed by atoms with van der Waals surface area (Å²) in [7, 11) is -3.86. The van der Waals surface area contributed by atoms with Gasteiger partial charge in [0.2, 0.25) is 0 Å². The molecule has 8 nitrogen and oxygen atoms in total. The van der Waals surface area contributed by atoms with E-state index < -0.39 is 10.0 Å². The molecule has 1 aliphatic rings. The number of piperazine rings is 1. The van der Waals surface area contributed by atoms with E-state index in [1.165, 1.54) is 12.1 Å². The number of aryl methyl sites for hydroxylation is 1. The van der Waals surface area contributed by atoms with Gasteiger partial charge in [-0.25, -0.2) is 13.4 Å². The number of nitrogens with one attached hydrogen (secondary N) is 1. The minimum Gasteiger partial charge on any atom is -0.494 e. The number of sulfonamides is 1. The quantitative estimate of drug-likeness (QED) is 0.556. The van der Waals surface area contributed by atoms with Crippen LogP contribution in [0.25, 0.3) is 0 Å². The maximum Gasteiger partial charge on any atom is 0.261 e. The second-order valence-electron chi connectivity index (χ2n) is 8.01. The number of pyridine rings is 1. The molecule has 0 spiro atoms. The third-order valence-electron chi connectivity index (χ3n) is 5.71. The van der Waals surface area contributed by atoms with E-state index in [1.807, 2.05) is 32.0 Å². The molecule has 3 aromatic rings. The highest BCUT2D eigenvalue weighted by Gasteiger charge is 2.25. The van der Waals surface area contributed by atoms with Crippen molar-refractivity contribution in [1.29, 1.82) is 0 Å². The second-order valence-corrected chi connectivity index (χ2v) is 9.69. The van der Waals surface area contributed by atoms with Gasteiger partial charge in [0.25, 0.3) is 15.9 Å². The molecule has 0 atom stereocenters. The van der Waals surface area contributed by atoms with Gasteiger partial charge in [-0.05, 0) is 67.9 Å². The molecule has 2 aromatic carbocycles. The van der Waals surface area contributed by atoms with Gasteiger partial charge in [-0.1, -0.05) is 12.1 Å². The Balaban J connectivity index is 1.47. The maximum absolute atomic E-state index is 13.3. The van der Waals surface area contributed by atoms with Crippen LogP contribution in [0.3, 0.4) is 0 Å². The van der Waals surface area contributed by atoms with Crippen LogP contribution in [0.1, 0.15) is 22.8 Å². The predicted octanol–water partition coefficient (Wildman–Crippen LogP) is 3.55. The molecule has 1 N–H and O–H groups in total. The molecule has 4 rings (SSSR count). The molecule has 1 aliphatic heterocycles. The zero-order valence-corrected chi connectivity index (χ0v) is 20.1. The van der Waals surface area contributed by atoms with Crippen LogP contribution in [0.2, 0.25) is 0 Å². The van der Waals surface area contributed by atoms with Crippen LogP contribution in [-0.4, -0.2) is 57.0 Å². The van der Waals surface area contributed by atoms with Crippen molar-refractivity contribution < 1.29 is 17.9 Å². The van der Waals surface area contributed by atoms with E-state index in [-0.39, 0.29) is 10.8 Å². The number of aromatic nitrogens is 1. The minimum atomic E-state index is -3.86. The molecule has 0 aliphatic carbocycles. The van der Waals surface area contributed by atoms with Gasteiger partial charge in [-0.15, -0.1) is 0 Å². The van der Waals surface area contributed by atoms with Gasteiger partial charge in [0.1, 0.15) is 11.6 Å².